The lowest BCUT2D eigenvalue weighted by molar-refractivity contribution is -0.138. The maximum absolute atomic E-state index is 12.9. The van der Waals surface area contributed by atoms with Crippen LogP contribution in [-0.4, -0.2) is 26.5 Å². The van der Waals surface area contributed by atoms with E-state index < -0.39 is 29.7 Å². The molecule has 0 spiro atoms. The number of aliphatic hydroxyl groups is 1. The van der Waals surface area contributed by atoms with E-state index in [9.17, 15) is 33.6 Å². The van der Waals surface area contributed by atoms with Crippen LogP contribution in [0.3, 0.4) is 0 Å². The lowest BCUT2D eigenvalue weighted by Gasteiger charge is -2.31. The van der Waals surface area contributed by atoms with Crippen molar-refractivity contribution in [3.63, 3.8) is 0 Å². The van der Waals surface area contributed by atoms with Crippen LogP contribution in [0.4, 0.5) is 13.2 Å². The van der Waals surface area contributed by atoms with Gasteiger partial charge in [-0.25, -0.2) is 0 Å². The van der Waals surface area contributed by atoms with E-state index in [2.05, 4.69) is 0 Å². The Morgan fingerprint density at radius 2 is 1.71 bits per heavy atom. The Hall–Kier alpha value is -2.61. The highest BCUT2D eigenvalue weighted by Crippen LogP contribution is 2.43. The van der Waals surface area contributed by atoms with E-state index in [-0.39, 0.29) is 34.8 Å². The van der Waals surface area contributed by atoms with E-state index >= 15 is 0 Å². The minimum atomic E-state index is -4.76. The van der Waals surface area contributed by atoms with Crippen LogP contribution in [-0.2, 0) is 12.6 Å². The van der Waals surface area contributed by atoms with E-state index in [1.165, 1.54) is 12.1 Å². The van der Waals surface area contributed by atoms with Gasteiger partial charge < -0.3 is 25.2 Å². The van der Waals surface area contributed by atoms with Crippen molar-refractivity contribution >= 4 is 0 Å². The predicted molar refractivity (Wildman–Crippen MR) is 76.0 cm³/mol. The highest BCUT2D eigenvalue weighted by molar-refractivity contribution is 5.51. The van der Waals surface area contributed by atoms with Gasteiger partial charge in [0.2, 0.25) is 0 Å². The number of aromatic hydroxyl groups is 3. The van der Waals surface area contributed by atoms with Gasteiger partial charge in [-0.05, 0) is 17.7 Å². The molecule has 24 heavy (non-hydrogen) atoms. The molecule has 1 heterocycles. The van der Waals surface area contributed by atoms with Gasteiger partial charge in [-0.2, -0.15) is 13.2 Å². The van der Waals surface area contributed by atoms with Crippen LogP contribution in [0.1, 0.15) is 22.8 Å². The van der Waals surface area contributed by atoms with Crippen molar-refractivity contribution in [2.75, 3.05) is 0 Å². The molecule has 1 aliphatic heterocycles. The summed E-state index contributed by atoms with van der Waals surface area (Å²) in [4.78, 5) is 0. The average Bonchev–Trinajstić information content (AvgIpc) is 2.47. The van der Waals surface area contributed by atoms with Crippen molar-refractivity contribution in [2.45, 2.75) is 24.8 Å². The lowest BCUT2D eigenvalue weighted by Crippen LogP contribution is -2.30. The second kappa shape index (κ2) is 5.48. The van der Waals surface area contributed by atoms with Crippen LogP contribution in [0.5, 0.6) is 23.0 Å². The van der Waals surface area contributed by atoms with Crippen molar-refractivity contribution in [2.24, 2.45) is 0 Å². The monoisotopic (exact) mass is 342 g/mol. The molecule has 5 nitrogen and oxygen atoms in total. The van der Waals surface area contributed by atoms with Gasteiger partial charge in [0.05, 0.1) is 11.7 Å². The van der Waals surface area contributed by atoms with Crippen LogP contribution >= 0.6 is 0 Å². The van der Waals surface area contributed by atoms with Gasteiger partial charge in [-0.3, -0.25) is 0 Å². The fourth-order valence-corrected chi connectivity index (χ4v) is 2.71. The number of alkyl halides is 3. The minimum Gasteiger partial charge on any atom is -0.508 e. The zero-order valence-corrected chi connectivity index (χ0v) is 12.1. The van der Waals surface area contributed by atoms with Crippen molar-refractivity contribution in [1.82, 2.24) is 0 Å². The van der Waals surface area contributed by atoms with Gasteiger partial charge in [0.25, 0.3) is 0 Å². The zero-order valence-electron chi connectivity index (χ0n) is 12.1. The summed E-state index contributed by atoms with van der Waals surface area (Å²) >= 11 is 0. The first-order valence-corrected chi connectivity index (χ1v) is 6.96. The molecule has 0 saturated carbocycles. The molecule has 128 valence electrons. The number of phenolic OH excluding ortho intramolecular Hbond substituents is 3. The third kappa shape index (κ3) is 2.80. The minimum absolute atomic E-state index is 0.0149. The summed E-state index contributed by atoms with van der Waals surface area (Å²) < 4.78 is 44.2. The smallest absolute Gasteiger partial charge is 0.419 e. The molecule has 2 aromatic carbocycles. The summed E-state index contributed by atoms with van der Waals surface area (Å²) in [6.45, 7) is 0. The molecule has 0 saturated heterocycles. The molecular formula is C16H13F3O5. The third-order valence-corrected chi connectivity index (χ3v) is 3.84. The van der Waals surface area contributed by atoms with Crippen LogP contribution in [0.2, 0.25) is 0 Å². The van der Waals surface area contributed by atoms with Gasteiger partial charge in [0, 0.05) is 24.1 Å². The Morgan fingerprint density at radius 3 is 2.38 bits per heavy atom. The maximum atomic E-state index is 12.9. The first-order chi connectivity index (χ1) is 11.2. The molecule has 0 aromatic heterocycles. The summed E-state index contributed by atoms with van der Waals surface area (Å²) in [5.74, 6) is -1.40. The molecule has 2 aromatic rings. The Labute approximate surface area is 134 Å². The predicted octanol–water partition coefficient (Wildman–Crippen LogP) is 2.86. The Bertz CT molecular complexity index is 788. The molecule has 3 rings (SSSR count). The molecule has 0 fully saturated rings. The SMILES string of the molecule is Oc1cc(O)c2c(c1)O[C@@H](c1ccc(O)c(C(F)(F)F)c1)[C@@H](O)C2. The van der Waals surface area contributed by atoms with Crippen LogP contribution in [0, 0.1) is 0 Å². The van der Waals surface area contributed by atoms with E-state index in [0.717, 1.165) is 12.1 Å². The molecule has 0 bridgehead atoms. The second-order valence-corrected chi connectivity index (χ2v) is 5.53. The normalized spacial score (nSPS) is 20.3. The lowest BCUT2D eigenvalue weighted by atomic mass is 9.93. The quantitative estimate of drug-likeness (QED) is 0.640. The largest absolute Gasteiger partial charge is 0.508 e. The number of fused-ring (bicyclic) bond motifs is 1. The van der Waals surface area contributed by atoms with Crippen molar-refractivity contribution < 1.29 is 38.3 Å². The molecule has 1 aliphatic rings. The summed E-state index contributed by atoms with van der Waals surface area (Å²) in [5.41, 5.74) is -0.965. The molecule has 8 heteroatoms. The van der Waals surface area contributed by atoms with Gasteiger partial charge in [0.15, 0.2) is 0 Å². The first kappa shape index (κ1) is 16.3. The van der Waals surface area contributed by atoms with Crippen LogP contribution in [0.25, 0.3) is 0 Å². The van der Waals surface area contributed by atoms with E-state index in [0.29, 0.717) is 6.07 Å². The number of hydrogen-bond acceptors (Lipinski definition) is 5. The highest BCUT2D eigenvalue weighted by atomic mass is 19.4. The van der Waals surface area contributed by atoms with Gasteiger partial charge >= 0.3 is 6.18 Å². The van der Waals surface area contributed by atoms with Gasteiger partial charge in [0.1, 0.15) is 29.1 Å². The summed E-state index contributed by atoms with van der Waals surface area (Å²) in [7, 11) is 0. The standard InChI is InChI=1S/C16H13F3O5/c17-16(18,19)10-3-7(1-2-11(10)21)15-13(23)6-9-12(22)4-8(20)5-14(9)24-15/h1-5,13,15,20-23H,6H2/t13-,15-/m0/s1. The zero-order chi connectivity index (χ0) is 17.6. The number of benzene rings is 2. The van der Waals surface area contributed by atoms with E-state index in [4.69, 9.17) is 4.74 Å². The topological polar surface area (TPSA) is 90.2 Å². The number of ether oxygens (including phenoxy) is 1. The Morgan fingerprint density at radius 1 is 1.00 bits per heavy atom. The molecule has 0 radical (unpaired) electrons. The molecule has 0 aliphatic carbocycles. The molecule has 4 N–H and O–H groups in total. The first-order valence-electron chi connectivity index (χ1n) is 6.96. The fraction of sp³-hybridized carbons (Fsp3) is 0.250. The third-order valence-electron chi connectivity index (χ3n) is 3.84. The number of phenols is 3. The number of halogens is 3. The Kier molecular flexibility index (Phi) is 3.71. The van der Waals surface area contributed by atoms with Crippen LogP contribution < -0.4 is 4.74 Å². The molecule has 2 atom stereocenters. The summed E-state index contributed by atoms with van der Waals surface area (Å²) in [6.07, 6.45) is -7.17. The number of aliphatic hydroxyl groups excluding tert-OH is 1. The second-order valence-electron chi connectivity index (χ2n) is 5.53. The van der Waals surface area contributed by atoms with Gasteiger partial charge in [-0.15, -0.1) is 0 Å². The highest BCUT2D eigenvalue weighted by Gasteiger charge is 2.37. The van der Waals surface area contributed by atoms with Gasteiger partial charge in [-0.1, -0.05) is 6.07 Å². The molecule has 0 amide bonds. The van der Waals surface area contributed by atoms with E-state index in [1.54, 1.807) is 0 Å². The van der Waals surface area contributed by atoms with Crippen LogP contribution in [0.15, 0.2) is 30.3 Å². The Balaban J connectivity index is 2.02. The van der Waals surface area contributed by atoms with Crippen molar-refractivity contribution in [3.8, 4) is 23.0 Å². The summed E-state index contributed by atoms with van der Waals surface area (Å²) in [6, 6.07) is 5.09. The average molecular weight is 342 g/mol. The number of rotatable bonds is 1. The number of hydrogen-bond donors (Lipinski definition) is 4. The van der Waals surface area contributed by atoms with E-state index in [1.807, 2.05) is 0 Å². The summed E-state index contributed by atoms with van der Waals surface area (Å²) in [5, 5.41) is 38.8. The molecular weight excluding hydrogens is 329 g/mol. The van der Waals surface area contributed by atoms with Crippen molar-refractivity contribution in [1.29, 1.82) is 0 Å². The molecule has 0 unspecified atom stereocenters. The van der Waals surface area contributed by atoms with Crippen molar-refractivity contribution in [3.05, 3.63) is 47.0 Å². The maximum Gasteiger partial charge on any atom is 0.419 e. The fourth-order valence-electron chi connectivity index (χ4n) is 2.71.